The molecule has 120 valence electrons. The number of ether oxygens (including phenoxy) is 1. The fourth-order valence-corrected chi connectivity index (χ4v) is 2.83. The van der Waals surface area contributed by atoms with Crippen molar-refractivity contribution in [3.05, 3.63) is 59.7 Å². The molecular weight excluding hydrogens is 310 g/mol. The van der Waals surface area contributed by atoms with Crippen LogP contribution in [0.1, 0.15) is 17.5 Å². The Morgan fingerprint density at radius 1 is 1.17 bits per heavy atom. The molecule has 0 fully saturated rings. The molecule has 0 aliphatic carbocycles. The lowest BCUT2D eigenvalue weighted by Crippen LogP contribution is -2.28. The summed E-state index contributed by atoms with van der Waals surface area (Å²) in [6.45, 7) is 0. The summed E-state index contributed by atoms with van der Waals surface area (Å²) in [5, 5.41) is 13.1. The van der Waals surface area contributed by atoms with Crippen LogP contribution in [-0.4, -0.2) is 22.6 Å². The molecule has 3 rings (SSSR count). The van der Waals surface area contributed by atoms with Gasteiger partial charge in [0.25, 0.3) is 0 Å². The third-order valence-corrected chi connectivity index (χ3v) is 4.30. The number of anilines is 1. The summed E-state index contributed by atoms with van der Waals surface area (Å²) in [6.07, 6.45) is 0.951. The van der Waals surface area contributed by atoms with Crippen molar-refractivity contribution in [3.8, 4) is 5.75 Å². The van der Waals surface area contributed by atoms with E-state index in [-0.39, 0.29) is 5.91 Å². The number of fused-ring (bicyclic) bond motifs is 1. The first-order valence-corrected chi connectivity index (χ1v) is 8.13. The fraction of sp³-hybridized carbons (Fsp3) is 0.278. The number of aliphatic hydroxyl groups is 1. The minimum absolute atomic E-state index is 0.0384. The van der Waals surface area contributed by atoms with Gasteiger partial charge in [-0.3, -0.25) is 4.79 Å². The number of aliphatic hydroxyl groups excluding tert-OH is 1. The molecule has 2 atom stereocenters. The SMILES string of the molecule is O=C1CCc2cc(OC(S)C(O)Cc3ccccc3)ccc2N1. The molecule has 0 aromatic heterocycles. The van der Waals surface area contributed by atoms with Crippen LogP contribution in [0.15, 0.2) is 48.5 Å². The van der Waals surface area contributed by atoms with E-state index in [1.807, 2.05) is 42.5 Å². The third-order valence-electron chi connectivity index (χ3n) is 3.85. The molecule has 0 saturated heterocycles. The molecule has 0 spiro atoms. The Balaban J connectivity index is 1.63. The van der Waals surface area contributed by atoms with Crippen LogP contribution in [0.25, 0.3) is 0 Å². The molecule has 1 heterocycles. The number of hydrogen-bond donors (Lipinski definition) is 3. The monoisotopic (exact) mass is 329 g/mol. The van der Waals surface area contributed by atoms with Crippen molar-refractivity contribution >= 4 is 24.2 Å². The van der Waals surface area contributed by atoms with E-state index >= 15 is 0 Å². The summed E-state index contributed by atoms with van der Waals surface area (Å²) in [5.74, 6) is 0.684. The van der Waals surface area contributed by atoms with E-state index in [1.54, 1.807) is 6.07 Å². The summed E-state index contributed by atoms with van der Waals surface area (Å²) < 4.78 is 5.74. The van der Waals surface area contributed by atoms with Crippen LogP contribution >= 0.6 is 12.6 Å². The summed E-state index contributed by atoms with van der Waals surface area (Å²) >= 11 is 4.37. The molecule has 2 unspecified atom stereocenters. The van der Waals surface area contributed by atoms with Crippen LogP contribution in [0.3, 0.4) is 0 Å². The van der Waals surface area contributed by atoms with Gasteiger partial charge in [0.15, 0.2) is 5.44 Å². The summed E-state index contributed by atoms with van der Waals surface area (Å²) in [5.41, 5.74) is 2.29. The minimum atomic E-state index is -0.712. The van der Waals surface area contributed by atoms with Gasteiger partial charge in [-0.2, -0.15) is 0 Å². The first-order chi connectivity index (χ1) is 11.1. The lowest BCUT2D eigenvalue weighted by Gasteiger charge is -2.22. The smallest absolute Gasteiger partial charge is 0.224 e. The third kappa shape index (κ3) is 4.06. The maximum atomic E-state index is 11.4. The zero-order valence-corrected chi connectivity index (χ0v) is 13.5. The van der Waals surface area contributed by atoms with Gasteiger partial charge >= 0.3 is 0 Å². The van der Waals surface area contributed by atoms with Gasteiger partial charge < -0.3 is 15.2 Å². The Hall–Kier alpha value is -1.98. The number of aryl methyl sites for hydroxylation is 1. The van der Waals surface area contributed by atoms with Gasteiger partial charge in [0.05, 0.1) is 0 Å². The highest BCUT2D eigenvalue weighted by molar-refractivity contribution is 7.80. The van der Waals surface area contributed by atoms with Gasteiger partial charge in [-0.15, -0.1) is 12.6 Å². The quantitative estimate of drug-likeness (QED) is 0.584. The molecule has 1 aliphatic rings. The standard InChI is InChI=1S/C18H19NO3S/c20-16(10-12-4-2-1-3-5-12)18(23)22-14-7-8-15-13(11-14)6-9-17(21)19-15/h1-5,7-8,11,16,18,20,23H,6,9-10H2,(H,19,21). The van der Waals surface area contributed by atoms with Gasteiger partial charge in [-0.25, -0.2) is 0 Å². The van der Waals surface area contributed by atoms with Crippen molar-refractivity contribution < 1.29 is 14.6 Å². The number of nitrogens with one attached hydrogen (secondary N) is 1. The number of thiol groups is 1. The molecule has 2 aromatic carbocycles. The summed E-state index contributed by atoms with van der Waals surface area (Å²) in [4.78, 5) is 11.4. The van der Waals surface area contributed by atoms with Gasteiger partial charge in [0.1, 0.15) is 11.9 Å². The Bertz CT molecular complexity index is 690. The molecule has 0 bridgehead atoms. The molecule has 4 nitrogen and oxygen atoms in total. The van der Waals surface area contributed by atoms with Crippen molar-refractivity contribution in [1.29, 1.82) is 0 Å². The number of carbonyl (C=O) groups is 1. The predicted molar refractivity (Wildman–Crippen MR) is 92.9 cm³/mol. The van der Waals surface area contributed by atoms with Crippen molar-refractivity contribution in [1.82, 2.24) is 0 Å². The fourth-order valence-electron chi connectivity index (χ4n) is 2.61. The van der Waals surface area contributed by atoms with E-state index in [9.17, 15) is 9.90 Å². The molecule has 23 heavy (non-hydrogen) atoms. The molecule has 2 N–H and O–H groups in total. The normalized spacial score (nSPS) is 16.2. The number of amides is 1. The molecule has 1 amide bonds. The Kier molecular flexibility index (Phi) is 4.88. The number of benzene rings is 2. The van der Waals surface area contributed by atoms with Crippen LogP contribution < -0.4 is 10.1 Å². The lowest BCUT2D eigenvalue weighted by atomic mass is 10.0. The van der Waals surface area contributed by atoms with Crippen molar-refractivity contribution in [3.63, 3.8) is 0 Å². The zero-order chi connectivity index (χ0) is 16.2. The maximum absolute atomic E-state index is 11.4. The highest BCUT2D eigenvalue weighted by atomic mass is 32.1. The van der Waals surface area contributed by atoms with Crippen molar-refractivity contribution in [2.75, 3.05) is 5.32 Å². The molecule has 2 aromatic rings. The van der Waals surface area contributed by atoms with Gasteiger partial charge in [-0.1, -0.05) is 30.3 Å². The topological polar surface area (TPSA) is 58.6 Å². The van der Waals surface area contributed by atoms with Gasteiger partial charge in [0.2, 0.25) is 5.91 Å². The van der Waals surface area contributed by atoms with Gasteiger partial charge in [-0.05, 0) is 35.7 Å². The average molecular weight is 329 g/mol. The van der Waals surface area contributed by atoms with Gasteiger partial charge in [0, 0.05) is 18.5 Å². The molecule has 5 heteroatoms. The highest BCUT2D eigenvalue weighted by Crippen LogP contribution is 2.28. The molecule has 1 aliphatic heterocycles. The van der Waals surface area contributed by atoms with Crippen LogP contribution in [0, 0.1) is 0 Å². The van der Waals surface area contributed by atoms with E-state index in [1.165, 1.54) is 0 Å². The number of hydrogen-bond acceptors (Lipinski definition) is 4. The van der Waals surface area contributed by atoms with Crippen molar-refractivity contribution in [2.24, 2.45) is 0 Å². The largest absolute Gasteiger partial charge is 0.477 e. The second-order valence-electron chi connectivity index (χ2n) is 5.63. The van der Waals surface area contributed by atoms with E-state index < -0.39 is 11.5 Å². The second-order valence-corrected chi connectivity index (χ2v) is 6.14. The number of rotatable bonds is 5. The van der Waals surface area contributed by atoms with E-state index in [2.05, 4.69) is 17.9 Å². The van der Waals surface area contributed by atoms with E-state index in [0.717, 1.165) is 16.8 Å². The molecular formula is C18H19NO3S. The van der Waals surface area contributed by atoms with Crippen LogP contribution in [-0.2, 0) is 17.6 Å². The molecule has 0 radical (unpaired) electrons. The first-order valence-electron chi connectivity index (χ1n) is 7.61. The predicted octanol–water partition coefficient (Wildman–Crippen LogP) is 2.81. The minimum Gasteiger partial charge on any atom is -0.477 e. The highest BCUT2D eigenvalue weighted by Gasteiger charge is 2.19. The molecule has 0 saturated carbocycles. The Morgan fingerprint density at radius 2 is 1.96 bits per heavy atom. The number of carbonyl (C=O) groups excluding carboxylic acids is 1. The van der Waals surface area contributed by atoms with Crippen LogP contribution in [0.2, 0.25) is 0 Å². The van der Waals surface area contributed by atoms with E-state index in [4.69, 9.17) is 4.74 Å². The Morgan fingerprint density at radius 3 is 2.74 bits per heavy atom. The first kappa shape index (κ1) is 15.9. The van der Waals surface area contributed by atoms with Crippen LogP contribution in [0.4, 0.5) is 5.69 Å². The Labute approximate surface area is 140 Å². The maximum Gasteiger partial charge on any atom is 0.224 e. The summed E-state index contributed by atoms with van der Waals surface area (Å²) in [7, 11) is 0. The van der Waals surface area contributed by atoms with Crippen LogP contribution in [0.5, 0.6) is 5.75 Å². The zero-order valence-electron chi connectivity index (χ0n) is 12.6. The lowest BCUT2D eigenvalue weighted by molar-refractivity contribution is -0.116. The average Bonchev–Trinajstić information content (AvgIpc) is 2.56. The second kappa shape index (κ2) is 7.06. The van der Waals surface area contributed by atoms with Crippen molar-refractivity contribution in [2.45, 2.75) is 30.8 Å². The summed E-state index contributed by atoms with van der Waals surface area (Å²) in [6, 6.07) is 15.2. The van der Waals surface area contributed by atoms with E-state index in [0.29, 0.717) is 25.0 Å².